The smallest absolute Gasteiger partial charge is 0.243 e. The SMILES string of the molecule is CC(O)CN1N=C(c2ccc(Cl)c(Cl)c2)CCC1=O. The van der Waals surface area contributed by atoms with Gasteiger partial charge >= 0.3 is 0 Å². The molecule has 0 aliphatic carbocycles. The highest BCUT2D eigenvalue weighted by Crippen LogP contribution is 2.25. The molecule has 2 rings (SSSR count). The minimum absolute atomic E-state index is 0.0790. The van der Waals surface area contributed by atoms with Crippen molar-refractivity contribution in [2.45, 2.75) is 25.9 Å². The van der Waals surface area contributed by atoms with Gasteiger partial charge in [0.2, 0.25) is 5.91 Å². The number of β-amino-alcohol motifs (C(OH)–C–C–N with tert-alkyl or cyclic N) is 1. The quantitative estimate of drug-likeness (QED) is 0.933. The van der Waals surface area contributed by atoms with Gasteiger partial charge in [-0.25, -0.2) is 5.01 Å². The molecule has 1 atom stereocenters. The van der Waals surface area contributed by atoms with Gasteiger partial charge in [-0.3, -0.25) is 4.79 Å². The third-order valence-corrected chi connectivity index (χ3v) is 3.53. The Hall–Kier alpha value is -1.10. The molecule has 0 spiro atoms. The van der Waals surface area contributed by atoms with Crippen molar-refractivity contribution in [1.29, 1.82) is 0 Å². The molecule has 1 aromatic rings. The van der Waals surface area contributed by atoms with Gasteiger partial charge in [-0.15, -0.1) is 0 Å². The monoisotopic (exact) mass is 300 g/mol. The molecule has 0 bridgehead atoms. The van der Waals surface area contributed by atoms with Gasteiger partial charge in [0.1, 0.15) is 0 Å². The number of carbonyl (C=O) groups excluding carboxylic acids is 1. The second kappa shape index (κ2) is 5.90. The van der Waals surface area contributed by atoms with E-state index in [2.05, 4.69) is 5.10 Å². The molecule has 102 valence electrons. The molecule has 0 aromatic heterocycles. The number of carbonyl (C=O) groups is 1. The number of halogens is 2. The van der Waals surface area contributed by atoms with Crippen LogP contribution in [-0.4, -0.2) is 34.4 Å². The molecule has 1 aliphatic rings. The summed E-state index contributed by atoms with van der Waals surface area (Å²) in [7, 11) is 0. The Bertz CT molecular complexity index is 529. The largest absolute Gasteiger partial charge is 0.391 e. The van der Waals surface area contributed by atoms with E-state index in [9.17, 15) is 9.90 Å². The molecule has 0 saturated heterocycles. The van der Waals surface area contributed by atoms with Crippen LogP contribution >= 0.6 is 23.2 Å². The van der Waals surface area contributed by atoms with Crippen LogP contribution in [-0.2, 0) is 4.79 Å². The third kappa shape index (κ3) is 3.47. The second-order valence-corrected chi connectivity index (χ2v) is 5.31. The molecule has 0 fully saturated rings. The number of amides is 1. The second-order valence-electron chi connectivity index (χ2n) is 4.50. The number of hydrazone groups is 1. The summed E-state index contributed by atoms with van der Waals surface area (Å²) >= 11 is 11.8. The normalized spacial score (nSPS) is 17.4. The predicted molar refractivity (Wildman–Crippen MR) is 75.6 cm³/mol. The maximum absolute atomic E-state index is 11.7. The van der Waals surface area contributed by atoms with Gasteiger partial charge in [0.05, 0.1) is 28.4 Å². The zero-order chi connectivity index (χ0) is 14.0. The van der Waals surface area contributed by atoms with Crippen molar-refractivity contribution in [1.82, 2.24) is 5.01 Å². The molecular formula is C13H14Cl2N2O2. The highest BCUT2D eigenvalue weighted by molar-refractivity contribution is 6.42. The van der Waals surface area contributed by atoms with Crippen LogP contribution < -0.4 is 0 Å². The van der Waals surface area contributed by atoms with Crippen LogP contribution in [0.5, 0.6) is 0 Å². The van der Waals surface area contributed by atoms with Crippen LogP contribution in [0.4, 0.5) is 0 Å². The van der Waals surface area contributed by atoms with E-state index in [1.807, 2.05) is 6.07 Å². The Kier molecular flexibility index (Phi) is 4.45. The Morgan fingerprint density at radius 2 is 2.11 bits per heavy atom. The first-order valence-corrected chi connectivity index (χ1v) is 6.74. The van der Waals surface area contributed by atoms with Crippen molar-refractivity contribution in [2.75, 3.05) is 6.54 Å². The van der Waals surface area contributed by atoms with Crippen LogP contribution in [0, 0.1) is 0 Å². The average Bonchev–Trinajstić information content (AvgIpc) is 2.35. The van der Waals surface area contributed by atoms with Gasteiger partial charge < -0.3 is 5.11 Å². The van der Waals surface area contributed by atoms with E-state index >= 15 is 0 Å². The Morgan fingerprint density at radius 3 is 2.74 bits per heavy atom. The molecule has 0 saturated carbocycles. The molecule has 4 nitrogen and oxygen atoms in total. The van der Waals surface area contributed by atoms with Crippen LogP contribution in [0.15, 0.2) is 23.3 Å². The van der Waals surface area contributed by atoms with E-state index in [0.717, 1.165) is 11.3 Å². The number of benzene rings is 1. The minimum Gasteiger partial charge on any atom is -0.391 e. The van der Waals surface area contributed by atoms with Crippen molar-refractivity contribution in [3.05, 3.63) is 33.8 Å². The van der Waals surface area contributed by atoms with E-state index in [0.29, 0.717) is 22.9 Å². The molecule has 1 aromatic carbocycles. The minimum atomic E-state index is -0.610. The van der Waals surface area contributed by atoms with Crippen LogP contribution in [0.3, 0.4) is 0 Å². The molecular weight excluding hydrogens is 287 g/mol. The van der Waals surface area contributed by atoms with Gasteiger partial charge in [-0.05, 0) is 24.6 Å². The summed E-state index contributed by atoms with van der Waals surface area (Å²) in [5.74, 6) is -0.0790. The lowest BCUT2D eigenvalue weighted by atomic mass is 10.0. The lowest BCUT2D eigenvalue weighted by Gasteiger charge is -2.24. The van der Waals surface area contributed by atoms with Crippen LogP contribution in [0.25, 0.3) is 0 Å². The fourth-order valence-electron chi connectivity index (χ4n) is 1.88. The molecule has 1 amide bonds. The van der Waals surface area contributed by atoms with E-state index in [-0.39, 0.29) is 12.5 Å². The Morgan fingerprint density at radius 1 is 1.37 bits per heavy atom. The van der Waals surface area contributed by atoms with Crippen molar-refractivity contribution >= 4 is 34.8 Å². The first kappa shape index (κ1) is 14.3. The molecule has 6 heteroatoms. The maximum atomic E-state index is 11.7. The number of rotatable bonds is 3. The fourth-order valence-corrected chi connectivity index (χ4v) is 2.17. The van der Waals surface area contributed by atoms with E-state index in [4.69, 9.17) is 23.2 Å². The summed E-state index contributed by atoms with van der Waals surface area (Å²) in [4.78, 5) is 11.7. The number of hydrogen-bond donors (Lipinski definition) is 1. The zero-order valence-corrected chi connectivity index (χ0v) is 11.9. The predicted octanol–water partition coefficient (Wildman–Crippen LogP) is 2.70. The summed E-state index contributed by atoms with van der Waals surface area (Å²) in [6, 6.07) is 5.26. The summed E-state index contributed by atoms with van der Waals surface area (Å²) in [6.45, 7) is 1.82. The van der Waals surface area contributed by atoms with Crippen molar-refractivity contribution in [3.63, 3.8) is 0 Å². The van der Waals surface area contributed by atoms with Crippen molar-refractivity contribution < 1.29 is 9.90 Å². The topological polar surface area (TPSA) is 52.9 Å². The summed E-state index contributed by atoms with van der Waals surface area (Å²) in [5.41, 5.74) is 1.62. The van der Waals surface area contributed by atoms with Gasteiger partial charge in [0, 0.05) is 12.8 Å². The van der Waals surface area contributed by atoms with E-state index in [1.54, 1.807) is 19.1 Å². The fraction of sp³-hybridized carbons (Fsp3) is 0.385. The number of aliphatic hydroxyl groups excluding tert-OH is 1. The Balaban J connectivity index is 2.28. The van der Waals surface area contributed by atoms with E-state index in [1.165, 1.54) is 5.01 Å². The first-order valence-electron chi connectivity index (χ1n) is 5.98. The standard InChI is InChI=1S/C13H14Cl2N2O2/c1-8(18)7-17-13(19)5-4-12(16-17)9-2-3-10(14)11(15)6-9/h2-3,6,8,18H,4-5,7H2,1H3. The highest BCUT2D eigenvalue weighted by Gasteiger charge is 2.22. The van der Waals surface area contributed by atoms with Gasteiger partial charge in [0.15, 0.2) is 0 Å². The number of aliphatic hydroxyl groups is 1. The summed E-state index contributed by atoms with van der Waals surface area (Å²) < 4.78 is 0. The third-order valence-electron chi connectivity index (χ3n) is 2.79. The average molecular weight is 301 g/mol. The molecule has 0 radical (unpaired) electrons. The van der Waals surface area contributed by atoms with E-state index < -0.39 is 6.10 Å². The zero-order valence-electron chi connectivity index (χ0n) is 10.4. The first-order chi connectivity index (χ1) is 8.97. The van der Waals surface area contributed by atoms with Crippen molar-refractivity contribution in [3.8, 4) is 0 Å². The number of hydrogen-bond acceptors (Lipinski definition) is 3. The summed E-state index contributed by atoms with van der Waals surface area (Å²) in [6.07, 6.45) is 0.333. The molecule has 1 aliphatic heterocycles. The molecule has 1 N–H and O–H groups in total. The van der Waals surface area contributed by atoms with Crippen LogP contribution in [0.2, 0.25) is 10.0 Å². The summed E-state index contributed by atoms with van der Waals surface area (Å²) in [5, 5.41) is 15.9. The van der Waals surface area contributed by atoms with Gasteiger partial charge in [0.25, 0.3) is 0 Å². The molecule has 1 unspecified atom stereocenters. The van der Waals surface area contributed by atoms with Gasteiger partial charge in [-0.2, -0.15) is 5.10 Å². The maximum Gasteiger partial charge on any atom is 0.243 e. The van der Waals surface area contributed by atoms with Crippen molar-refractivity contribution in [2.24, 2.45) is 5.10 Å². The Labute approximate surface area is 121 Å². The molecule has 1 heterocycles. The molecule has 19 heavy (non-hydrogen) atoms. The lowest BCUT2D eigenvalue weighted by Crippen LogP contribution is -2.36. The van der Waals surface area contributed by atoms with Gasteiger partial charge in [-0.1, -0.05) is 29.3 Å². The highest BCUT2D eigenvalue weighted by atomic mass is 35.5. The van der Waals surface area contributed by atoms with Crippen LogP contribution in [0.1, 0.15) is 25.3 Å². The lowest BCUT2D eigenvalue weighted by molar-refractivity contribution is -0.133. The number of nitrogens with zero attached hydrogens (tertiary/aromatic N) is 2.